The molecule has 0 heterocycles. The van der Waals surface area contributed by atoms with Gasteiger partial charge in [0.2, 0.25) is 0 Å². The van der Waals surface area contributed by atoms with Gasteiger partial charge in [-0.05, 0) is 34.4 Å². The molecule has 3 rings (SSSR count). The highest BCUT2D eigenvalue weighted by molar-refractivity contribution is 5.63. The summed E-state index contributed by atoms with van der Waals surface area (Å²) < 4.78 is 0. The second-order valence-corrected chi connectivity index (χ2v) is 5.73. The van der Waals surface area contributed by atoms with Crippen LogP contribution in [0.5, 0.6) is 0 Å². The predicted molar refractivity (Wildman–Crippen MR) is 73.0 cm³/mol. The maximum Gasteiger partial charge on any atom is -0.0105 e. The molecule has 0 aromatic heterocycles. The van der Waals surface area contributed by atoms with Crippen molar-refractivity contribution in [2.75, 3.05) is 0 Å². The van der Waals surface area contributed by atoms with Gasteiger partial charge >= 0.3 is 0 Å². The minimum Gasteiger partial charge on any atom is -0.0622 e. The quantitative estimate of drug-likeness (QED) is 0.680. The molecule has 0 saturated heterocycles. The van der Waals surface area contributed by atoms with Crippen molar-refractivity contribution in [2.24, 2.45) is 5.41 Å². The van der Waals surface area contributed by atoms with Crippen molar-refractivity contribution in [1.82, 2.24) is 0 Å². The Hall–Kier alpha value is -1.56. The molecule has 2 aromatic rings. The first kappa shape index (κ1) is 10.6. The van der Waals surface area contributed by atoms with E-state index in [4.69, 9.17) is 0 Å². The lowest BCUT2D eigenvalue weighted by Gasteiger charge is -2.06. The van der Waals surface area contributed by atoms with Crippen molar-refractivity contribution in [3.63, 3.8) is 0 Å². The fraction of sp³-hybridized carbons (Fsp3) is 0.294. The summed E-state index contributed by atoms with van der Waals surface area (Å²) in [6, 6.07) is 19.7. The SMILES string of the molecule is CC1(C)CC1c1ccc(-c2ccccc2)cc1. The molecule has 1 atom stereocenters. The van der Waals surface area contributed by atoms with E-state index in [1.807, 2.05) is 0 Å². The lowest BCUT2D eigenvalue weighted by molar-refractivity contribution is 0.622. The molecule has 0 bridgehead atoms. The molecule has 86 valence electrons. The number of rotatable bonds is 2. The molecule has 1 unspecified atom stereocenters. The van der Waals surface area contributed by atoms with E-state index in [2.05, 4.69) is 68.4 Å². The third-order valence-electron chi connectivity index (χ3n) is 3.93. The van der Waals surface area contributed by atoms with Crippen molar-refractivity contribution in [3.8, 4) is 11.1 Å². The lowest BCUT2D eigenvalue weighted by atomic mass is 9.99. The van der Waals surface area contributed by atoms with Crippen LogP contribution < -0.4 is 0 Å². The van der Waals surface area contributed by atoms with Gasteiger partial charge in [0.05, 0.1) is 0 Å². The normalized spacial score (nSPS) is 21.2. The van der Waals surface area contributed by atoms with E-state index in [9.17, 15) is 0 Å². The highest BCUT2D eigenvalue weighted by Gasteiger charge is 2.46. The molecule has 1 aliphatic carbocycles. The lowest BCUT2D eigenvalue weighted by Crippen LogP contribution is -1.89. The minimum atomic E-state index is 0.522. The Kier molecular flexibility index (Phi) is 2.32. The van der Waals surface area contributed by atoms with E-state index >= 15 is 0 Å². The van der Waals surface area contributed by atoms with Gasteiger partial charge < -0.3 is 0 Å². The third kappa shape index (κ3) is 2.00. The van der Waals surface area contributed by atoms with Crippen LogP contribution in [0.25, 0.3) is 11.1 Å². The first-order valence-corrected chi connectivity index (χ1v) is 6.32. The van der Waals surface area contributed by atoms with Crippen LogP contribution in [0.2, 0.25) is 0 Å². The number of benzene rings is 2. The Labute approximate surface area is 103 Å². The van der Waals surface area contributed by atoms with Gasteiger partial charge in [0.25, 0.3) is 0 Å². The van der Waals surface area contributed by atoms with Crippen LogP contribution in [0, 0.1) is 5.41 Å². The molecule has 0 aliphatic heterocycles. The number of hydrogen-bond donors (Lipinski definition) is 0. The van der Waals surface area contributed by atoms with Crippen LogP contribution in [0.4, 0.5) is 0 Å². The van der Waals surface area contributed by atoms with Crippen LogP contribution in [0.3, 0.4) is 0 Å². The standard InChI is InChI=1S/C17H18/c1-17(2)12-16(17)15-10-8-14(9-11-15)13-6-4-3-5-7-13/h3-11,16H,12H2,1-2H3. The van der Waals surface area contributed by atoms with Gasteiger partial charge in [-0.25, -0.2) is 0 Å². The van der Waals surface area contributed by atoms with Gasteiger partial charge in [0, 0.05) is 0 Å². The van der Waals surface area contributed by atoms with Crippen molar-refractivity contribution in [3.05, 3.63) is 60.2 Å². The smallest absolute Gasteiger partial charge is 0.0105 e. The molecule has 1 saturated carbocycles. The van der Waals surface area contributed by atoms with Crippen molar-refractivity contribution < 1.29 is 0 Å². The zero-order valence-electron chi connectivity index (χ0n) is 10.5. The molecule has 2 aromatic carbocycles. The summed E-state index contributed by atoms with van der Waals surface area (Å²) in [5.74, 6) is 0.771. The molecular weight excluding hydrogens is 204 g/mol. The van der Waals surface area contributed by atoms with E-state index in [0.717, 1.165) is 5.92 Å². The zero-order chi connectivity index (χ0) is 11.9. The molecule has 0 amide bonds. The Morgan fingerprint density at radius 1 is 0.824 bits per heavy atom. The predicted octanol–water partition coefficient (Wildman–Crippen LogP) is 4.87. The first-order valence-electron chi connectivity index (χ1n) is 6.32. The highest BCUT2D eigenvalue weighted by atomic mass is 14.5. The average molecular weight is 222 g/mol. The fourth-order valence-electron chi connectivity index (χ4n) is 2.57. The van der Waals surface area contributed by atoms with Gasteiger partial charge in [0.1, 0.15) is 0 Å². The summed E-state index contributed by atoms with van der Waals surface area (Å²) in [6.45, 7) is 4.70. The fourth-order valence-corrected chi connectivity index (χ4v) is 2.57. The Morgan fingerprint density at radius 3 is 1.88 bits per heavy atom. The Bertz CT molecular complexity index is 505. The van der Waals surface area contributed by atoms with Gasteiger partial charge in [0.15, 0.2) is 0 Å². The Morgan fingerprint density at radius 2 is 1.35 bits per heavy atom. The maximum absolute atomic E-state index is 2.35. The summed E-state index contributed by atoms with van der Waals surface area (Å²) in [5.41, 5.74) is 4.63. The van der Waals surface area contributed by atoms with Gasteiger partial charge in [-0.3, -0.25) is 0 Å². The highest BCUT2D eigenvalue weighted by Crippen LogP contribution is 2.58. The van der Waals surface area contributed by atoms with Crippen LogP contribution in [0.1, 0.15) is 31.7 Å². The van der Waals surface area contributed by atoms with E-state index < -0.39 is 0 Å². The molecule has 0 heteroatoms. The number of hydrogen-bond acceptors (Lipinski definition) is 0. The largest absolute Gasteiger partial charge is 0.0622 e. The summed E-state index contributed by atoms with van der Waals surface area (Å²) in [4.78, 5) is 0. The summed E-state index contributed by atoms with van der Waals surface area (Å²) in [7, 11) is 0. The van der Waals surface area contributed by atoms with E-state index in [1.54, 1.807) is 0 Å². The minimum absolute atomic E-state index is 0.522. The third-order valence-corrected chi connectivity index (χ3v) is 3.93. The molecular formula is C17H18. The van der Waals surface area contributed by atoms with E-state index in [0.29, 0.717) is 5.41 Å². The molecule has 1 fully saturated rings. The van der Waals surface area contributed by atoms with Gasteiger partial charge in [-0.1, -0.05) is 68.4 Å². The summed E-state index contributed by atoms with van der Waals surface area (Å²) in [6.07, 6.45) is 1.33. The molecule has 0 spiro atoms. The topological polar surface area (TPSA) is 0 Å². The summed E-state index contributed by atoms with van der Waals surface area (Å²) in [5, 5.41) is 0. The van der Waals surface area contributed by atoms with E-state index in [-0.39, 0.29) is 0 Å². The van der Waals surface area contributed by atoms with Crippen molar-refractivity contribution in [2.45, 2.75) is 26.2 Å². The van der Waals surface area contributed by atoms with Crippen LogP contribution >= 0.6 is 0 Å². The van der Waals surface area contributed by atoms with E-state index in [1.165, 1.54) is 23.1 Å². The van der Waals surface area contributed by atoms with Crippen LogP contribution in [-0.4, -0.2) is 0 Å². The monoisotopic (exact) mass is 222 g/mol. The summed E-state index contributed by atoms with van der Waals surface area (Å²) >= 11 is 0. The van der Waals surface area contributed by atoms with Crippen molar-refractivity contribution in [1.29, 1.82) is 0 Å². The maximum atomic E-state index is 2.35. The second kappa shape index (κ2) is 3.73. The zero-order valence-corrected chi connectivity index (χ0v) is 10.5. The van der Waals surface area contributed by atoms with Gasteiger partial charge in [-0.15, -0.1) is 0 Å². The van der Waals surface area contributed by atoms with Crippen LogP contribution in [0.15, 0.2) is 54.6 Å². The molecule has 0 radical (unpaired) electrons. The average Bonchev–Trinajstić information content (AvgIpc) is 3.00. The second-order valence-electron chi connectivity index (χ2n) is 5.73. The molecule has 17 heavy (non-hydrogen) atoms. The Balaban J connectivity index is 1.87. The molecule has 0 N–H and O–H groups in total. The first-order chi connectivity index (χ1) is 8.17. The van der Waals surface area contributed by atoms with Crippen LogP contribution in [-0.2, 0) is 0 Å². The molecule has 1 aliphatic rings. The van der Waals surface area contributed by atoms with Crippen molar-refractivity contribution >= 4 is 0 Å². The molecule has 0 nitrogen and oxygen atoms in total. The van der Waals surface area contributed by atoms with Gasteiger partial charge in [-0.2, -0.15) is 0 Å².